The van der Waals surface area contributed by atoms with Crippen LogP contribution in [-0.4, -0.2) is 52.7 Å². The number of benzene rings is 1. The third kappa shape index (κ3) is 6.01. The van der Waals surface area contributed by atoms with Gasteiger partial charge in [0.1, 0.15) is 0 Å². The summed E-state index contributed by atoms with van der Waals surface area (Å²) in [5, 5.41) is 8.01. The number of carbonyl (C=O) groups excluding carboxylic acids is 2. The molecule has 0 aliphatic carbocycles. The second-order valence-electron chi connectivity index (χ2n) is 4.57. The van der Waals surface area contributed by atoms with Crippen LogP contribution in [0.4, 0.5) is 0 Å². The summed E-state index contributed by atoms with van der Waals surface area (Å²) in [6.07, 6.45) is 0.682. The van der Waals surface area contributed by atoms with Gasteiger partial charge in [0.15, 0.2) is 11.5 Å². The smallest absolute Gasteiger partial charge is 0.233 e. The fourth-order valence-corrected chi connectivity index (χ4v) is 1.82. The van der Waals surface area contributed by atoms with Gasteiger partial charge in [0.25, 0.3) is 0 Å². The summed E-state index contributed by atoms with van der Waals surface area (Å²) >= 11 is 0. The minimum Gasteiger partial charge on any atom is -0.493 e. The minimum absolute atomic E-state index is 0.110. The van der Waals surface area contributed by atoms with Gasteiger partial charge >= 0.3 is 0 Å². The Morgan fingerprint density at radius 2 is 1.73 bits per heavy atom. The summed E-state index contributed by atoms with van der Waals surface area (Å²) in [7, 11) is 4.72. The van der Waals surface area contributed by atoms with E-state index in [1.807, 2.05) is 18.2 Å². The van der Waals surface area contributed by atoms with Gasteiger partial charge in [-0.3, -0.25) is 14.9 Å². The first-order chi connectivity index (χ1) is 10.6. The number of nitrogens with one attached hydrogen (secondary N) is 3. The van der Waals surface area contributed by atoms with Gasteiger partial charge in [0.05, 0.1) is 27.3 Å². The predicted octanol–water partition coefficient (Wildman–Crippen LogP) is -0.302. The number of methoxy groups -OCH3 is 2. The highest BCUT2D eigenvalue weighted by molar-refractivity contribution is 5.80. The van der Waals surface area contributed by atoms with E-state index in [2.05, 4.69) is 16.0 Å². The Bertz CT molecular complexity index is 506. The van der Waals surface area contributed by atoms with Gasteiger partial charge < -0.3 is 20.1 Å². The summed E-state index contributed by atoms with van der Waals surface area (Å²) in [5.74, 6) is 1.04. The maximum atomic E-state index is 11.6. The average molecular weight is 309 g/mol. The van der Waals surface area contributed by atoms with Crippen molar-refractivity contribution >= 4 is 11.8 Å². The number of rotatable bonds is 9. The zero-order chi connectivity index (χ0) is 16.4. The summed E-state index contributed by atoms with van der Waals surface area (Å²) in [5.41, 5.74) is 1.04. The molecule has 0 bridgehead atoms. The molecule has 1 rings (SSSR count). The molecule has 0 saturated heterocycles. The molecule has 0 atom stereocenters. The van der Waals surface area contributed by atoms with E-state index in [0.29, 0.717) is 24.5 Å². The van der Waals surface area contributed by atoms with Gasteiger partial charge in [-0.1, -0.05) is 6.07 Å². The molecule has 22 heavy (non-hydrogen) atoms. The Kier molecular flexibility index (Phi) is 7.77. The molecule has 0 heterocycles. The third-order valence-corrected chi connectivity index (χ3v) is 3.03. The van der Waals surface area contributed by atoms with Crippen molar-refractivity contribution in [3.05, 3.63) is 23.8 Å². The maximum Gasteiger partial charge on any atom is 0.233 e. The van der Waals surface area contributed by atoms with E-state index < -0.39 is 0 Å². The van der Waals surface area contributed by atoms with E-state index >= 15 is 0 Å². The lowest BCUT2D eigenvalue weighted by atomic mass is 10.1. The molecule has 7 nitrogen and oxygen atoms in total. The predicted molar refractivity (Wildman–Crippen MR) is 83.2 cm³/mol. The first-order valence-corrected chi connectivity index (χ1v) is 6.99. The van der Waals surface area contributed by atoms with E-state index in [1.165, 1.54) is 0 Å². The lowest BCUT2D eigenvalue weighted by Gasteiger charge is -2.10. The molecule has 0 aliphatic heterocycles. The van der Waals surface area contributed by atoms with Crippen LogP contribution in [0.5, 0.6) is 11.5 Å². The summed E-state index contributed by atoms with van der Waals surface area (Å²) in [4.78, 5) is 22.6. The lowest BCUT2D eigenvalue weighted by molar-refractivity contribution is -0.121. The van der Waals surface area contributed by atoms with Crippen LogP contribution in [0.3, 0.4) is 0 Å². The van der Waals surface area contributed by atoms with Crippen LogP contribution in [0, 0.1) is 0 Å². The Hall–Kier alpha value is -2.28. The normalized spacial score (nSPS) is 9.95. The molecule has 3 N–H and O–H groups in total. The fraction of sp³-hybridized carbons (Fsp3) is 0.467. The van der Waals surface area contributed by atoms with E-state index in [0.717, 1.165) is 5.56 Å². The lowest BCUT2D eigenvalue weighted by Crippen LogP contribution is -2.39. The van der Waals surface area contributed by atoms with Crippen molar-refractivity contribution in [1.29, 1.82) is 0 Å². The van der Waals surface area contributed by atoms with Crippen LogP contribution < -0.4 is 25.4 Å². The van der Waals surface area contributed by atoms with E-state index in [-0.39, 0.29) is 24.9 Å². The summed E-state index contributed by atoms with van der Waals surface area (Å²) < 4.78 is 10.4. The van der Waals surface area contributed by atoms with Crippen molar-refractivity contribution in [3.8, 4) is 11.5 Å². The van der Waals surface area contributed by atoms with Gasteiger partial charge in [-0.25, -0.2) is 0 Å². The third-order valence-electron chi connectivity index (χ3n) is 3.03. The monoisotopic (exact) mass is 309 g/mol. The number of ether oxygens (including phenoxy) is 2. The molecule has 2 amide bonds. The van der Waals surface area contributed by atoms with Gasteiger partial charge in [-0.05, 0) is 24.1 Å². The molecule has 0 aliphatic rings. The number of hydrogen-bond donors (Lipinski definition) is 3. The van der Waals surface area contributed by atoms with Gasteiger partial charge in [0, 0.05) is 13.6 Å². The second kappa shape index (κ2) is 9.62. The Morgan fingerprint density at radius 1 is 1.05 bits per heavy atom. The first kappa shape index (κ1) is 17.8. The Morgan fingerprint density at radius 3 is 2.36 bits per heavy atom. The largest absolute Gasteiger partial charge is 0.493 e. The fourth-order valence-electron chi connectivity index (χ4n) is 1.82. The summed E-state index contributed by atoms with van der Waals surface area (Å²) in [6.45, 7) is 0.745. The van der Waals surface area contributed by atoms with Crippen LogP contribution in [0.1, 0.15) is 5.56 Å². The molecule has 1 aromatic rings. The van der Waals surface area contributed by atoms with Crippen LogP contribution in [0.2, 0.25) is 0 Å². The zero-order valence-corrected chi connectivity index (χ0v) is 13.2. The van der Waals surface area contributed by atoms with E-state index in [1.54, 1.807) is 21.3 Å². The van der Waals surface area contributed by atoms with Crippen molar-refractivity contribution < 1.29 is 19.1 Å². The highest BCUT2D eigenvalue weighted by Crippen LogP contribution is 2.27. The molecule has 0 radical (unpaired) electrons. The molecular formula is C15H23N3O4. The SMILES string of the molecule is CNC(=O)CNCC(=O)NCCc1ccc(OC)c(OC)c1. The molecule has 7 heteroatoms. The zero-order valence-electron chi connectivity index (χ0n) is 13.2. The van der Waals surface area contributed by atoms with Crippen LogP contribution in [0.15, 0.2) is 18.2 Å². The number of likely N-dealkylation sites (N-methyl/N-ethyl adjacent to an activating group) is 1. The number of hydrogen-bond acceptors (Lipinski definition) is 5. The van der Waals surface area contributed by atoms with Gasteiger partial charge in [-0.2, -0.15) is 0 Å². The standard InChI is InChI=1S/C15H23N3O4/c1-16-14(19)9-17-10-15(20)18-7-6-11-4-5-12(21-2)13(8-11)22-3/h4-5,8,17H,6-7,9-10H2,1-3H3,(H,16,19)(H,18,20). The molecule has 0 spiro atoms. The van der Waals surface area contributed by atoms with E-state index in [4.69, 9.17) is 9.47 Å². The molecule has 0 aromatic heterocycles. The van der Waals surface area contributed by atoms with Crippen molar-refractivity contribution in [3.63, 3.8) is 0 Å². The number of carbonyl (C=O) groups is 2. The minimum atomic E-state index is -0.155. The van der Waals surface area contributed by atoms with Crippen molar-refractivity contribution in [1.82, 2.24) is 16.0 Å². The van der Waals surface area contributed by atoms with Crippen molar-refractivity contribution in [2.24, 2.45) is 0 Å². The molecule has 0 fully saturated rings. The van der Waals surface area contributed by atoms with E-state index in [9.17, 15) is 9.59 Å². The highest BCUT2D eigenvalue weighted by Gasteiger charge is 2.06. The molecule has 0 unspecified atom stereocenters. The van der Waals surface area contributed by atoms with Crippen molar-refractivity contribution in [2.75, 3.05) is 40.9 Å². The van der Waals surface area contributed by atoms with Crippen LogP contribution in [0.25, 0.3) is 0 Å². The second-order valence-corrected chi connectivity index (χ2v) is 4.57. The Labute approximate surface area is 130 Å². The average Bonchev–Trinajstić information content (AvgIpc) is 2.54. The molecule has 1 aromatic carbocycles. The van der Waals surface area contributed by atoms with Crippen LogP contribution >= 0.6 is 0 Å². The van der Waals surface area contributed by atoms with Gasteiger partial charge in [-0.15, -0.1) is 0 Å². The maximum absolute atomic E-state index is 11.6. The number of amides is 2. The highest BCUT2D eigenvalue weighted by atomic mass is 16.5. The quantitative estimate of drug-likeness (QED) is 0.583. The molecule has 122 valence electrons. The molecular weight excluding hydrogens is 286 g/mol. The van der Waals surface area contributed by atoms with Gasteiger partial charge in [0.2, 0.25) is 11.8 Å². The van der Waals surface area contributed by atoms with Crippen molar-refractivity contribution in [2.45, 2.75) is 6.42 Å². The first-order valence-electron chi connectivity index (χ1n) is 6.99. The Balaban J connectivity index is 2.32. The molecule has 0 saturated carbocycles. The van der Waals surface area contributed by atoms with Crippen LogP contribution in [-0.2, 0) is 16.0 Å². The summed E-state index contributed by atoms with van der Waals surface area (Å²) in [6, 6.07) is 5.65. The topological polar surface area (TPSA) is 88.7 Å².